The van der Waals surface area contributed by atoms with Crippen LogP contribution in [0.5, 0.6) is 0 Å². The van der Waals surface area contributed by atoms with Gasteiger partial charge in [-0.1, -0.05) is 0 Å². The molecule has 0 unspecified atom stereocenters. The molecule has 0 bridgehead atoms. The number of hydrogen-bond acceptors (Lipinski definition) is 3. The molecule has 0 radical (unpaired) electrons. The van der Waals surface area contributed by atoms with Crippen molar-refractivity contribution in [2.75, 3.05) is 31.6 Å². The zero-order chi connectivity index (χ0) is 19.3. The maximum absolute atomic E-state index is 13.5. The van der Waals surface area contributed by atoms with Gasteiger partial charge in [-0.3, -0.25) is 4.99 Å². The second kappa shape index (κ2) is 8.65. The number of anilines is 1. The number of aliphatic imine (C=N–C) groups is 1. The van der Waals surface area contributed by atoms with Gasteiger partial charge in [0.2, 0.25) is 0 Å². The summed E-state index contributed by atoms with van der Waals surface area (Å²) in [6, 6.07) is 9.59. The molecule has 5 nitrogen and oxygen atoms in total. The predicted molar refractivity (Wildman–Crippen MR) is 116 cm³/mol. The summed E-state index contributed by atoms with van der Waals surface area (Å²) < 4.78 is 13.5. The third kappa shape index (κ3) is 4.30. The van der Waals surface area contributed by atoms with Crippen molar-refractivity contribution in [1.29, 1.82) is 0 Å². The van der Waals surface area contributed by atoms with E-state index in [1.54, 1.807) is 30.5 Å². The van der Waals surface area contributed by atoms with Crippen molar-refractivity contribution >= 4 is 33.2 Å². The highest BCUT2D eigenvalue weighted by Crippen LogP contribution is 2.24. The summed E-state index contributed by atoms with van der Waals surface area (Å²) in [6.07, 6.45) is 4.96. The second-order valence-corrected chi connectivity index (χ2v) is 8.04. The van der Waals surface area contributed by atoms with Crippen molar-refractivity contribution in [2.45, 2.75) is 25.3 Å². The molecule has 3 heterocycles. The Morgan fingerprint density at radius 2 is 2.18 bits per heavy atom. The van der Waals surface area contributed by atoms with Gasteiger partial charge in [-0.2, -0.15) is 0 Å². The fourth-order valence-electron chi connectivity index (χ4n) is 3.76. The number of H-pyrrole nitrogens is 1. The molecule has 2 aromatic heterocycles. The number of piperidine rings is 1. The van der Waals surface area contributed by atoms with E-state index >= 15 is 0 Å². The van der Waals surface area contributed by atoms with Crippen LogP contribution in [0.4, 0.5) is 9.39 Å². The smallest absolute Gasteiger partial charge is 0.191 e. The molecule has 0 atom stereocenters. The van der Waals surface area contributed by atoms with Crippen molar-refractivity contribution < 1.29 is 4.39 Å². The zero-order valence-electron chi connectivity index (χ0n) is 16.0. The number of halogens is 1. The molecule has 1 aliphatic heterocycles. The van der Waals surface area contributed by atoms with Crippen LogP contribution in [-0.2, 0) is 6.42 Å². The highest BCUT2D eigenvalue weighted by Gasteiger charge is 2.20. The molecule has 3 aromatic rings. The fraction of sp³-hybridized carbons (Fsp3) is 0.381. The Labute approximate surface area is 168 Å². The maximum atomic E-state index is 13.5. The summed E-state index contributed by atoms with van der Waals surface area (Å²) in [5, 5.41) is 11.4. The lowest BCUT2D eigenvalue weighted by molar-refractivity contribution is 0.463. The molecule has 28 heavy (non-hydrogen) atoms. The molecule has 1 aliphatic rings. The number of nitrogens with one attached hydrogen (secondary N) is 3. The van der Waals surface area contributed by atoms with Crippen molar-refractivity contribution in [1.82, 2.24) is 15.6 Å². The number of thiophene rings is 1. The van der Waals surface area contributed by atoms with Crippen molar-refractivity contribution in [3.05, 3.63) is 53.3 Å². The van der Waals surface area contributed by atoms with E-state index in [9.17, 15) is 4.39 Å². The van der Waals surface area contributed by atoms with Crippen LogP contribution >= 0.6 is 11.3 Å². The first kappa shape index (κ1) is 18.8. The molecular weight excluding hydrogens is 373 g/mol. The third-order valence-electron chi connectivity index (χ3n) is 5.29. The van der Waals surface area contributed by atoms with Gasteiger partial charge in [0.25, 0.3) is 0 Å². The number of benzene rings is 1. The summed E-state index contributed by atoms with van der Waals surface area (Å²) in [5.74, 6) is 0.633. The molecular formula is C21H26FN5S. The monoisotopic (exact) mass is 399 g/mol. The molecule has 0 saturated carbocycles. The lowest BCUT2D eigenvalue weighted by Crippen LogP contribution is -2.49. The fourth-order valence-corrected chi connectivity index (χ4v) is 4.54. The lowest BCUT2D eigenvalue weighted by atomic mass is 10.1. The lowest BCUT2D eigenvalue weighted by Gasteiger charge is -2.33. The van der Waals surface area contributed by atoms with E-state index in [4.69, 9.17) is 0 Å². The van der Waals surface area contributed by atoms with Crippen LogP contribution in [0.25, 0.3) is 10.9 Å². The quantitative estimate of drug-likeness (QED) is 0.452. The Morgan fingerprint density at radius 1 is 1.32 bits per heavy atom. The highest BCUT2D eigenvalue weighted by molar-refractivity contribution is 7.14. The van der Waals surface area contributed by atoms with Crippen molar-refractivity contribution in [3.63, 3.8) is 0 Å². The number of rotatable bonds is 5. The minimum atomic E-state index is -0.201. The van der Waals surface area contributed by atoms with Crippen LogP contribution in [0, 0.1) is 5.82 Å². The first-order chi connectivity index (χ1) is 13.7. The minimum Gasteiger partial charge on any atom is -0.363 e. The Balaban J connectivity index is 1.25. The molecule has 1 fully saturated rings. The average molecular weight is 400 g/mol. The van der Waals surface area contributed by atoms with Crippen LogP contribution < -0.4 is 15.5 Å². The van der Waals surface area contributed by atoms with E-state index in [1.807, 2.05) is 6.20 Å². The van der Waals surface area contributed by atoms with Gasteiger partial charge in [0.1, 0.15) is 5.82 Å². The first-order valence-electron chi connectivity index (χ1n) is 9.74. The van der Waals surface area contributed by atoms with Crippen molar-refractivity contribution in [2.24, 2.45) is 4.99 Å². The largest absolute Gasteiger partial charge is 0.363 e. The minimum absolute atomic E-state index is 0.201. The molecule has 0 spiro atoms. The number of aromatic nitrogens is 1. The van der Waals surface area contributed by atoms with Gasteiger partial charge in [-0.25, -0.2) is 4.39 Å². The van der Waals surface area contributed by atoms with Gasteiger partial charge in [-0.05, 0) is 60.5 Å². The maximum Gasteiger partial charge on any atom is 0.191 e. The SMILES string of the molecule is CN=C(NCCc1c[nH]c2ccc(F)cc12)NC1CCN(c2cccs2)CC1. The van der Waals surface area contributed by atoms with E-state index < -0.39 is 0 Å². The molecule has 3 N–H and O–H groups in total. The van der Waals surface area contributed by atoms with Gasteiger partial charge in [-0.15, -0.1) is 11.3 Å². The number of nitrogens with zero attached hydrogens (tertiary/aromatic N) is 2. The molecule has 0 amide bonds. The summed E-state index contributed by atoms with van der Waals surface area (Å²) in [5.41, 5.74) is 2.08. The normalized spacial score (nSPS) is 15.9. The highest BCUT2D eigenvalue weighted by atomic mass is 32.1. The number of fused-ring (bicyclic) bond motifs is 1. The number of hydrogen-bond donors (Lipinski definition) is 3. The topological polar surface area (TPSA) is 55.5 Å². The second-order valence-electron chi connectivity index (χ2n) is 7.11. The van der Waals surface area contributed by atoms with E-state index in [1.165, 1.54) is 11.1 Å². The molecule has 4 rings (SSSR count). The van der Waals surface area contributed by atoms with Gasteiger partial charge in [0.05, 0.1) is 5.00 Å². The van der Waals surface area contributed by atoms with Gasteiger partial charge in [0.15, 0.2) is 5.96 Å². The average Bonchev–Trinajstić information content (AvgIpc) is 3.38. The van der Waals surface area contributed by atoms with Crippen molar-refractivity contribution in [3.8, 4) is 0 Å². The van der Waals surface area contributed by atoms with Gasteiger partial charge >= 0.3 is 0 Å². The Hall–Kier alpha value is -2.54. The Morgan fingerprint density at radius 3 is 2.93 bits per heavy atom. The van der Waals surface area contributed by atoms with Crippen LogP contribution in [0.2, 0.25) is 0 Å². The van der Waals surface area contributed by atoms with E-state index in [0.29, 0.717) is 6.04 Å². The number of guanidine groups is 1. The zero-order valence-corrected chi connectivity index (χ0v) is 16.9. The van der Waals surface area contributed by atoms with E-state index in [0.717, 1.165) is 61.3 Å². The van der Waals surface area contributed by atoms with Crippen LogP contribution in [0.1, 0.15) is 18.4 Å². The van der Waals surface area contributed by atoms with E-state index in [2.05, 4.69) is 43.0 Å². The van der Waals surface area contributed by atoms with Crippen LogP contribution in [-0.4, -0.2) is 43.7 Å². The molecule has 148 valence electrons. The van der Waals surface area contributed by atoms with Crippen LogP contribution in [0.3, 0.4) is 0 Å². The molecule has 1 aromatic carbocycles. The standard InChI is InChI=1S/C21H26FN5S/c1-23-21(26-17-7-10-27(11-8-17)20-3-2-12-28-20)24-9-6-15-14-25-19-5-4-16(22)13-18(15)19/h2-5,12-14,17,25H,6-11H2,1H3,(H2,23,24,26). The first-order valence-corrected chi connectivity index (χ1v) is 10.6. The summed E-state index contributed by atoms with van der Waals surface area (Å²) in [6.45, 7) is 2.88. The van der Waals surface area contributed by atoms with Gasteiger partial charge < -0.3 is 20.5 Å². The summed E-state index contributed by atoms with van der Waals surface area (Å²) in [7, 11) is 1.80. The third-order valence-corrected chi connectivity index (χ3v) is 6.22. The Bertz CT molecular complexity index is 926. The molecule has 0 aliphatic carbocycles. The van der Waals surface area contributed by atoms with Gasteiger partial charge in [0, 0.05) is 49.8 Å². The van der Waals surface area contributed by atoms with Crippen LogP contribution in [0.15, 0.2) is 46.9 Å². The summed E-state index contributed by atoms with van der Waals surface area (Å²) in [4.78, 5) is 10.0. The Kier molecular flexibility index (Phi) is 5.81. The molecule has 7 heteroatoms. The molecule has 1 saturated heterocycles. The summed E-state index contributed by atoms with van der Waals surface area (Å²) >= 11 is 1.80. The predicted octanol–water partition coefficient (Wildman–Crippen LogP) is 3.75. The van der Waals surface area contributed by atoms with E-state index in [-0.39, 0.29) is 5.82 Å². The number of aromatic amines is 1.